The first-order valence-electron chi connectivity index (χ1n) is 19.3. The SMILES string of the molecule is COC(=O)N[C@H](C(=O)N1C[C@H](O)C[C@H]1c1nc2cc(-c3ccc(-c4ccc5nc([C@@H]6C[C@@H](O)C7=CC(C)[C@H](NC(=O)OC)C(=O)N76)[nH]c5c4)cc3)ccc2[nH]1)C(C)C. The minimum absolute atomic E-state index is 0.124. The number of aliphatic hydroxyl groups excluding tert-OH is 2. The van der Waals surface area contributed by atoms with E-state index >= 15 is 0 Å². The zero-order chi connectivity index (χ0) is 41.0. The number of rotatable bonds is 8. The Labute approximate surface area is 333 Å². The second-order valence-electron chi connectivity index (χ2n) is 15.6. The third-order valence-electron chi connectivity index (χ3n) is 11.4. The van der Waals surface area contributed by atoms with Gasteiger partial charge in [0.15, 0.2) is 0 Å². The second kappa shape index (κ2) is 15.2. The Kier molecular flexibility index (Phi) is 10.1. The maximum Gasteiger partial charge on any atom is 0.407 e. The zero-order valence-electron chi connectivity index (χ0n) is 32.7. The van der Waals surface area contributed by atoms with Crippen LogP contribution in [0.1, 0.15) is 57.3 Å². The third kappa shape index (κ3) is 7.02. The molecular formula is C42H46N8O8. The van der Waals surface area contributed by atoms with Crippen molar-refractivity contribution in [3.05, 3.63) is 84.1 Å². The molecule has 1 unspecified atom stereocenters. The summed E-state index contributed by atoms with van der Waals surface area (Å²) in [4.78, 5) is 70.8. The molecule has 2 aromatic heterocycles. The average Bonchev–Trinajstić information content (AvgIpc) is 4.01. The highest BCUT2D eigenvalue weighted by Gasteiger charge is 2.48. The number of aromatic amines is 2. The number of aromatic nitrogens is 4. The maximum absolute atomic E-state index is 13.7. The molecule has 4 amide bonds. The van der Waals surface area contributed by atoms with Crippen molar-refractivity contribution >= 4 is 46.1 Å². The van der Waals surface area contributed by atoms with E-state index in [-0.39, 0.29) is 36.6 Å². The van der Waals surface area contributed by atoms with E-state index in [2.05, 4.69) is 20.6 Å². The number of fused-ring (bicyclic) bond motifs is 3. The van der Waals surface area contributed by atoms with Gasteiger partial charge in [0.1, 0.15) is 23.7 Å². The monoisotopic (exact) mass is 790 g/mol. The molecule has 6 N–H and O–H groups in total. The number of imidazole rings is 2. The van der Waals surface area contributed by atoms with Gasteiger partial charge in [0.25, 0.3) is 5.91 Å². The number of alkyl carbamates (subject to hydrolysis) is 2. The number of β-amino-alcohol motifs (C(OH)–C–C–N with tert-alkyl or cyclic N) is 1. The summed E-state index contributed by atoms with van der Waals surface area (Å²) in [7, 11) is 2.49. The number of nitrogens with one attached hydrogen (secondary N) is 4. The highest BCUT2D eigenvalue weighted by Crippen LogP contribution is 2.42. The molecule has 0 aliphatic carbocycles. The Morgan fingerprint density at radius 2 is 1.43 bits per heavy atom. The zero-order valence-corrected chi connectivity index (χ0v) is 32.7. The van der Waals surface area contributed by atoms with Crippen LogP contribution in [-0.2, 0) is 19.1 Å². The quantitative estimate of drug-likeness (QED) is 0.128. The fraction of sp³-hybridized carbons (Fsp3) is 0.381. The van der Waals surface area contributed by atoms with Crippen molar-refractivity contribution in [2.45, 2.75) is 70.0 Å². The fourth-order valence-corrected chi connectivity index (χ4v) is 8.38. The van der Waals surface area contributed by atoms with Crippen LogP contribution in [0.4, 0.5) is 9.59 Å². The molecule has 0 spiro atoms. The van der Waals surface area contributed by atoms with Crippen LogP contribution in [0.25, 0.3) is 44.3 Å². The Morgan fingerprint density at radius 3 is 2.12 bits per heavy atom. The molecule has 0 bridgehead atoms. The molecule has 5 aromatic rings. The molecule has 16 heteroatoms. The van der Waals surface area contributed by atoms with Crippen molar-refractivity contribution in [1.29, 1.82) is 0 Å². The molecule has 3 aliphatic heterocycles. The van der Waals surface area contributed by atoms with Gasteiger partial charge in [-0.15, -0.1) is 0 Å². The molecule has 0 saturated carbocycles. The topological polar surface area (TPSA) is 215 Å². The highest BCUT2D eigenvalue weighted by atomic mass is 16.5. The lowest BCUT2D eigenvalue weighted by Crippen LogP contribution is -2.53. The van der Waals surface area contributed by atoms with Crippen LogP contribution >= 0.6 is 0 Å². The van der Waals surface area contributed by atoms with Crippen LogP contribution in [0, 0.1) is 11.8 Å². The molecule has 2 saturated heterocycles. The molecule has 302 valence electrons. The van der Waals surface area contributed by atoms with Gasteiger partial charge in [-0.1, -0.05) is 63.2 Å². The predicted octanol–water partition coefficient (Wildman–Crippen LogP) is 4.68. The molecule has 3 aliphatic rings. The van der Waals surface area contributed by atoms with E-state index in [0.29, 0.717) is 34.8 Å². The van der Waals surface area contributed by atoms with E-state index in [1.54, 1.807) is 4.90 Å². The lowest BCUT2D eigenvalue weighted by Gasteiger charge is -2.35. The molecule has 2 fully saturated rings. The fourth-order valence-electron chi connectivity index (χ4n) is 8.38. The van der Waals surface area contributed by atoms with Gasteiger partial charge in [-0.3, -0.25) is 9.59 Å². The van der Waals surface area contributed by atoms with Gasteiger partial charge in [-0.2, -0.15) is 0 Å². The first-order valence-corrected chi connectivity index (χ1v) is 19.3. The van der Waals surface area contributed by atoms with Crippen molar-refractivity contribution < 1.29 is 38.9 Å². The van der Waals surface area contributed by atoms with Crippen molar-refractivity contribution in [2.75, 3.05) is 20.8 Å². The Morgan fingerprint density at radius 1 is 0.810 bits per heavy atom. The van der Waals surface area contributed by atoms with Gasteiger partial charge in [0, 0.05) is 31.0 Å². The number of hydrogen-bond acceptors (Lipinski definition) is 10. The van der Waals surface area contributed by atoms with Crippen LogP contribution in [-0.4, -0.2) is 109 Å². The molecule has 7 atom stereocenters. The van der Waals surface area contributed by atoms with E-state index in [4.69, 9.17) is 19.4 Å². The number of H-pyrrole nitrogens is 2. The van der Waals surface area contributed by atoms with Crippen molar-refractivity contribution in [3.8, 4) is 22.3 Å². The minimum Gasteiger partial charge on any atom is -0.453 e. The summed E-state index contributed by atoms with van der Waals surface area (Å²) in [6.07, 6.45) is -0.585. The summed E-state index contributed by atoms with van der Waals surface area (Å²) in [5.74, 6) is -0.0805. The molecule has 5 heterocycles. The van der Waals surface area contributed by atoms with Gasteiger partial charge < -0.3 is 50.1 Å². The molecule has 58 heavy (non-hydrogen) atoms. The first-order chi connectivity index (χ1) is 27.8. The Bertz CT molecular complexity index is 2440. The van der Waals surface area contributed by atoms with E-state index < -0.39 is 48.6 Å². The van der Waals surface area contributed by atoms with Crippen LogP contribution in [0.2, 0.25) is 0 Å². The van der Waals surface area contributed by atoms with Gasteiger partial charge in [0.05, 0.1) is 60.6 Å². The standard InChI is InChI=1S/C42H46N8O8/c1-20(2)35(47-41(55)57-4)39(53)49-19-26(51)17-32(49)37-43-27-12-10-24(15-29(27)45-37)22-6-8-23(9-7-22)25-11-13-28-30(16-25)46-38(44-28)33-18-34(52)31-14-21(3)36(40(54)50(31)33)48-42(56)58-5/h6-16,20-21,26,32-36,51-52H,17-19H2,1-5H3,(H,43,45)(H,44,46)(H,47,55)(H,48,56)/t21?,26-,32+,33+,34-,35+,36+/m1/s1. The number of aliphatic hydroxyl groups is 2. The normalized spacial score (nSPS) is 23.6. The summed E-state index contributed by atoms with van der Waals surface area (Å²) in [5.41, 5.74) is 7.38. The van der Waals surface area contributed by atoms with Crippen LogP contribution < -0.4 is 10.6 Å². The number of benzene rings is 3. The van der Waals surface area contributed by atoms with Gasteiger partial charge >= 0.3 is 12.2 Å². The Hall–Kier alpha value is -6.26. The highest BCUT2D eigenvalue weighted by molar-refractivity contribution is 5.90. The smallest absolute Gasteiger partial charge is 0.407 e. The maximum atomic E-state index is 13.7. The number of amides is 4. The molecular weight excluding hydrogens is 745 g/mol. The van der Waals surface area contributed by atoms with Crippen molar-refractivity contribution in [1.82, 2.24) is 40.4 Å². The second-order valence-corrected chi connectivity index (χ2v) is 15.6. The summed E-state index contributed by atoms with van der Waals surface area (Å²) in [6, 6.07) is 17.3. The summed E-state index contributed by atoms with van der Waals surface area (Å²) >= 11 is 0. The number of methoxy groups -OCH3 is 2. The van der Waals surface area contributed by atoms with Crippen molar-refractivity contribution in [2.24, 2.45) is 11.8 Å². The molecule has 0 radical (unpaired) electrons. The number of likely N-dealkylation sites (tertiary alicyclic amines) is 1. The average molecular weight is 791 g/mol. The summed E-state index contributed by atoms with van der Waals surface area (Å²) in [5, 5.41) is 26.8. The van der Waals surface area contributed by atoms with E-state index in [1.165, 1.54) is 19.1 Å². The Balaban J connectivity index is 1.000. The molecule has 16 nitrogen and oxygen atoms in total. The minimum atomic E-state index is -0.850. The molecule has 3 aromatic carbocycles. The van der Waals surface area contributed by atoms with E-state index in [1.807, 2.05) is 87.5 Å². The van der Waals surface area contributed by atoms with E-state index in [9.17, 15) is 29.4 Å². The summed E-state index contributed by atoms with van der Waals surface area (Å²) < 4.78 is 9.47. The number of carbonyl (C=O) groups is 4. The van der Waals surface area contributed by atoms with E-state index in [0.717, 1.165) is 33.3 Å². The predicted molar refractivity (Wildman–Crippen MR) is 213 cm³/mol. The number of ether oxygens (including phenoxy) is 2. The molecule has 8 rings (SSSR count). The van der Waals surface area contributed by atoms with Gasteiger partial charge in [-0.25, -0.2) is 19.6 Å². The summed E-state index contributed by atoms with van der Waals surface area (Å²) in [6.45, 7) is 5.61. The van der Waals surface area contributed by atoms with Gasteiger partial charge in [0.2, 0.25) is 5.91 Å². The lowest BCUT2D eigenvalue weighted by atomic mass is 9.94. The van der Waals surface area contributed by atoms with Crippen LogP contribution in [0.5, 0.6) is 0 Å². The van der Waals surface area contributed by atoms with Crippen molar-refractivity contribution in [3.63, 3.8) is 0 Å². The first kappa shape index (κ1) is 38.6. The lowest BCUT2D eigenvalue weighted by molar-refractivity contribution is -0.136. The largest absolute Gasteiger partial charge is 0.453 e. The number of nitrogens with zero attached hydrogens (tertiary/aromatic N) is 4. The number of carbonyl (C=O) groups excluding carboxylic acids is 4. The third-order valence-corrected chi connectivity index (χ3v) is 11.4. The van der Waals surface area contributed by atoms with Gasteiger partial charge in [-0.05, 0) is 52.4 Å². The van der Waals surface area contributed by atoms with Crippen LogP contribution in [0.15, 0.2) is 72.4 Å². The van der Waals surface area contributed by atoms with Crippen LogP contribution in [0.3, 0.4) is 0 Å². The number of hydrogen-bond donors (Lipinski definition) is 6.